The molecule has 1 fully saturated rings. The Hall–Kier alpha value is -2.25. The van der Waals surface area contributed by atoms with Gasteiger partial charge in [-0.1, -0.05) is 33.8 Å². The molecule has 1 N–H and O–H groups in total. The van der Waals surface area contributed by atoms with Crippen molar-refractivity contribution in [2.75, 3.05) is 32.8 Å². The molecule has 1 unspecified atom stereocenters. The summed E-state index contributed by atoms with van der Waals surface area (Å²) < 4.78 is 7.59. The van der Waals surface area contributed by atoms with Crippen LogP contribution in [0.5, 0.6) is 0 Å². The molecular weight excluding hydrogens is 354 g/mol. The van der Waals surface area contributed by atoms with Crippen LogP contribution in [0.1, 0.15) is 49.7 Å². The molecule has 0 radical (unpaired) electrons. The van der Waals surface area contributed by atoms with Gasteiger partial charge in [0.1, 0.15) is 0 Å². The van der Waals surface area contributed by atoms with Crippen molar-refractivity contribution in [1.82, 2.24) is 25.0 Å². The fraction of sp³-hybridized carbons (Fsp3) is 0.571. The van der Waals surface area contributed by atoms with E-state index in [9.17, 15) is 4.79 Å². The number of rotatable bonds is 7. The van der Waals surface area contributed by atoms with Crippen LogP contribution in [-0.2, 0) is 4.74 Å². The fourth-order valence-corrected chi connectivity index (χ4v) is 3.64. The zero-order valence-corrected chi connectivity index (χ0v) is 17.3. The molecule has 2 aromatic heterocycles. The highest BCUT2D eigenvalue weighted by Gasteiger charge is 2.24. The fourth-order valence-electron chi connectivity index (χ4n) is 3.64. The molecule has 0 bridgehead atoms. The first-order valence-electron chi connectivity index (χ1n) is 10.1. The van der Waals surface area contributed by atoms with Crippen LogP contribution in [-0.4, -0.2) is 64.5 Å². The van der Waals surface area contributed by atoms with E-state index in [0.717, 1.165) is 25.3 Å². The zero-order valence-electron chi connectivity index (χ0n) is 17.3. The Morgan fingerprint density at radius 3 is 2.82 bits per heavy atom. The summed E-state index contributed by atoms with van der Waals surface area (Å²) in [5.74, 6) is 1.36. The highest BCUT2D eigenvalue weighted by atomic mass is 16.5. The largest absolute Gasteiger partial charge is 0.374 e. The number of nitrogens with one attached hydrogen (secondary N) is 1. The standard InChI is InChI=1S/C21H31N5O2/c1-15(2)13-25-9-10-28-17(14-25)11-23-21(27)18-12-24-26(20(18)16(3)4)19-7-5-6-8-22-19/h5-8,12,15-17H,9-11,13-14H2,1-4H3,(H,23,27). The van der Waals surface area contributed by atoms with E-state index in [1.165, 1.54) is 0 Å². The lowest BCUT2D eigenvalue weighted by molar-refractivity contribution is -0.0295. The summed E-state index contributed by atoms with van der Waals surface area (Å²) >= 11 is 0. The number of nitrogens with zero attached hydrogens (tertiary/aromatic N) is 4. The minimum Gasteiger partial charge on any atom is -0.374 e. The van der Waals surface area contributed by atoms with Gasteiger partial charge in [-0.2, -0.15) is 5.10 Å². The smallest absolute Gasteiger partial charge is 0.254 e. The third-order valence-electron chi connectivity index (χ3n) is 4.80. The van der Waals surface area contributed by atoms with Crippen LogP contribution in [0.2, 0.25) is 0 Å². The molecule has 0 spiro atoms. The zero-order chi connectivity index (χ0) is 20.1. The van der Waals surface area contributed by atoms with Gasteiger partial charge in [-0.25, -0.2) is 9.67 Å². The van der Waals surface area contributed by atoms with Crippen molar-refractivity contribution in [1.29, 1.82) is 0 Å². The van der Waals surface area contributed by atoms with Gasteiger partial charge in [0, 0.05) is 32.4 Å². The van der Waals surface area contributed by atoms with Gasteiger partial charge in [-0.05, 0) is 24.0 Å². The third-order valence-corrected chi connectivity index (χ3v) is 4.80. The Morgan fingerprint density at radius 2 is 2.14 bits per heavy atom. The van der Waals surface area contributed by atoms with Gasteiger partial charge < -0.3 is 10.1 Å². The molecule has 28 heavy (non-hydrogen) atoms. The molecule has 3 heterocycles. The van der Waals surface area contributed by atoms with Crippen molar-refractivity contribution in [3.63, 3.8) is 0 Å². The average Bonchev–Trinajstić information content (AvgIpc) is 3.12. The Bertz CT molecular complexity index is 772. The van der Waals surface area contributed by atoms with Gasteiger partial charge in [-0.3, -0.25) is 9.69 Å². The lowest BCUT2D eigenvalue weighted by Gasteiger charge is -2.33. The molecule has 1 saturated heterocycles. The highest BCUT2D eigenvalue weighted by Crippen LogP contribution is 2.22. The summed E-state index contributed by atoms with van der Waals surface area (Å²) in [6, 6.07) is 5.67. The van der Waals surface area contributed by atoms with Gasteiger partial charge >= 0.3 is 0 Å². The SMILES string of the molecule is CC(C)CN1CCOC(CNC(=O)c2cnn(-c3ccccn3)c2C(C)C)C1. The molecular formula is C21H31N5O2. The van der Waals surface area contributed by atoms with Crippen molar-refractivity contribution in [2.24, 2.45) is 5.92 Å². The molecule has 1 aliphatic rings. The quantitative estimate of drug-likeness (QED) is 0.793. The van der Waals surface area contributed by atoms with Crippen molar-refractivity contribution >= 4 is 5.91 Å². The van der Waals surface area contributed by atoms with Crippen LogP contribution >= 0.6 is 0 Å². The maximum atomic E-state index is 12.9. The number of aromatic nitrogens is 3. The number of amides is 1. The molecule has 2 aromatic rings. The van der Waals surface area contributed by atoms with E-state index in [4.69, 9.17) is 4.74 Å². The minimum atomic E-state index is -0.115. The Morgan fingerprint density at radius 1 is 1.32 bits per heavy atom. The number of hydrogen-bond acceptors (Lipinski definition) is 5. The summed E-state index contributed by atoms with van der Waals surface area (Å²) in [7, 11) is 0. The van der Waals surface area contributed by atoms with Crippen LogP contribution in [0, 0.1) is 5.92 Å². The normalized spacial score (nSPS) is 18.0. The number of hydrogen-bond donors (Lipinski definition) is 1. The van der Waals surface area contributed by atoms with E-state index in [2.05, 4.69) is 48.0 Å². The first-order chi connectivity index (χ1) is 13.5. The van der Waals surface area contributed by atoms with E-state index < -0.39 is 0 Å². The maximum Gasteiger partial charge on any atom is 0.254 e. The molecule has 152 valence electrons. The predicted octanol–water partition coefficient (Wildman–Crippen LogP) is 2.48. The molecule has 0 aliphatic carbocycles. The minimum absolute atomic E-state index is 0.0183. The van der Waals surface area contributed by atoms with Crippen LogP contribution in [0.25, 0.3) is 5.82 Å². The van der Waals surface area contributed by atoms with Gasteiger partial charge in [0.15, 0.2) is 5.82 Å². The molecule has 7 heteroatoms. The van der Waals surface area contributed by atoms with Gasteiger partial charge in [0.05, 0.1) is 30.2 Å². The Balaban J connectivity index is 1.67. The highest BCUT2D eigenvalue weighted by molar-refractivity contribution is 5.95. The molecule has 0 saturated carbocycles. The summed E-state index contributed by atoms with van der Waals surface area (Å²) in [4.78, 5) is 19.6. The van der Waals surface area contributed by atoms with Crippen LogP contribution in [0.15, 0.2) is 30.6 Å². The summed E-state index contributed by atoms with van der Waals surface area (Å²) in [5.41, 5.74) is 1.46. The summed E-state index contributed by atoms with van der Waals surface area (Å²) in [6.07, 6.45) is 3.38. The average molecular weight is 386 g/mol. The monoisotopic (exact) mass is 385 g/mol. The lowest BCUT2D eigenvalue weighted by Crippen LogP contribution is -2.48. The summed E-state index contributed by atoms with van der Waals surface area (Å²) in [6.45, 7) is 12.6. The van der Waals surface area contributed by atoms with E-state index in [0.29, 0.717) is 30.5 Å². The molecule has 1 amide bonds. The molecule has 0 aromatic carbocycles. The van der Waals surface area contributed by atoms with Crippen molar-refractivity contribution < 1.29 is 9.53 Å². The van der Waals surface area contributed by atoms with Crippen LogP contribution in [0.3, 0.4) is 0 Å². The second kappa shape index (κ2) is 9.30. The van der Waals surface area contributed by atoms with Crippen LogP contribution < -0.4 is 5.32 Å². The number of morpholine rings is 1. The molecule has 1 aliphatic heterocycles. The Labute approximate surface area is 167 Å². The lowest BCUT2D eigenvalue weighted by atomic mass is 10.1. The number of carbonyl (C=O) groups excluding carboxylic acids is 1. The first-order valence-corrected chi connectivity index (χ1v) is 10.1. The van der Waals surface area contributed by atoms with Crippen molar-refractivity contribution in [3.8, 4) is 5.82 Å². The maximum absolute atomic E-state index is 12.9. The number of pyridine rings is 1. The van der Waals surface area contributed by atoms with Crippen LogP contribution in [0.4, 0.5) is 0 Å². The number of carbonyl (C=O) groups is 1. The van der Waals surface area contributed by atoms with E-state index in [-0.39, 0.29) is 17.9 Å². The van der Waals surface area contributed by atoms with Gasteiger partial charge in [-0.15, -0.1) is 0 Å². The molecule has 1 atom stereocenters. The van der Waals surface area contributed by atoms with E-state index >= 15 is 0 Å². The van der Waals surface area contributed by atoms with Gasteiger partial charge in [0.25, 0.3) is 5.91 Å². The second-order valence-electron chi connectivity index (χ2n) is 8.05. The van der Waals surface area contributed by atoms with Crippen molar-refractivity contribution in [3.05, 3.63) is 41.9 Å². The molecule has 7 nitrogen and oxygen atoms in total. The number of ether oxygens (including phenoxy) is 1. The molecule has 3 rings (SSSR count). The van der Waals surface area contributed by atoms with E-state index in [1.807, 2.05) is 18.2 Å². The predicted molar refractivity (Wildman–Crippen MR) is 109 cm³/mol. The van der Waals surface area contributed by atoms with Gasteiger partial charge in [0.2, 0.25) is 0 Å². The third kappa shape index (κ3) is 4.97. The Kier molecular flexibility index (Phi) is 6.80. The topological polar surface area (TPSA) is 72.3 Å². The first kappa shape index (κ1) is 20.5. The van der Waals surface area contributed by atoms with E-state index in [1.54, 1.807) is 17.1 Å². The summed E-state index contributed by atoms with van der Waals surface area (Å²) in [5, 5.41) is 7.46. The van der Waals surface area contributed by atoms with Crippen molar-refractivity contribution in [2.45, 2.75) is 39.7 Å². The second-order valence-corrected chi connectivity index (χ2v) is 8.05.